The van der Waals surface area contributed by atoms with E-state index in [1.807, 2.05) is 0 Å². The van der Waals surface area contributed by atoms with Crippen LogP contribution >= 0.6 is 0 Å². The minimum atomic E-state index is -0.639. The van der Waals surface area contributed by atoms with Gasteiger partial charge in [0.25, 0.3) is 0 Å². The second kappa shape index (κ2) is 5.39. The SMILES string of the molecule is N#Cc1ccc(F)c(O)c1[C@H](C1CC1)N1CCNCC1. The Labute approximate surface area is 117 Å². The van der Waals surface area contributed by atoms with Crippen LogP contribution in [0.4, 0.5) is 4.39 Å². The number of halogens is 1. The van der Waals surface area contributed by atoms with Crippen LogP contribution in [0.5, 0.6) is 5.75 Å². The maximum atomic E-state index is 13.7. The van der Waals surface area contributed by atoms with Gasteiger partial charge in [-0.05, 0) is 30.9 Å². The first kappa shape index (κ1) is 13.3. The molecule has 20 heavy (non-hydrogen) atoms. The zero-order valence-corrected chi connectivity index (χ0v) is 11.3. The molecule has 1 heterocycles. The predicted molar refractivity (Wildman–Crippen MR) is 72.7 cm³/mol. The number of rotatable bonds is 3. The minimum absolute atomic E-state index is 0.0394. The maximum absolute atomic E-state index is 13.7. The van der Waals surface area contributed by atoms with Gasteiger partial charge in [-0.3, -0.25) is 4.90 Å². The number of hydrogen-bond acceptors (Lipinski definition) is 4. The Kier molecular flexibility index (Phi) is 3.60. The van der Waals surface area contributed by atoms with E-state index >= 15 is 0 Å². The summed E-state index contributed by atoms with van der Waals surface area (Å²) in [7, 11) is 0. The van der Waals surface area contributed by atoms with E-state index in [0.29, 0.717) is 17.0 Å². The normalized spacial score (nSPS) is 21.4. The van der Waals surface area contributed by atoms with Gasteiger partial charge in [0.1, 0.15) is 0 Å². The van der Waals surface area contributed by atoms with Crippen LogP contribution in [0, 0.1) is 23.1 Å². The van der Waals surface area contributed by atoms with E-state index in [0.717, 1.165) is 39.0 Å². The summed E-state index contributed by atoms with van der Waals surface area (Å²) in [6.07, 6.45) is 2.16. The first-order chi connectivity index (χ1) is 9.72. The number of piperazine rings is 1. The van der Waals surface area contributed by atoms with Crippen LogP contribution in [0.2, 0.25) is 0 Å². The lowest BCUT2D eigenvalue weighted by Crippen LogP contribution is -2.45. The van der Waals surface area contributed by atoms with Crippen molar-refractivity contribution in [3.63, 3.8) is 0 Å². The average Bonchev–Trinajstić information content (AvgIpc) is 3.30. The number of hydrogen-bond donors (Lipinski definition) is 2. The van der Waals surface area contributed by atoms with Crippen molar-refractivity contribution in [3.8, 4) is 11.8 Å². The Morgan fingerprint density at radius 3 is 2.65 bits per heavy atom. The van der Waals surface area contributed by atoms with Crippen LogP contribution in [0.3, 0.4) is 0 Å². The molecule has 3 rings (SSSR count). The predicted octanol–water partition coefficient (Wildman–Crippen LogP) is 1.76. The molecule has 1 saturated heterocycles. The summed E-state index contributed by atoms with van der Waals surface area (Å²) in [5.74, 6) is -0.563. The average molecular weight is 275 g/mol. The standard InChI is InChI=1S/C15H18FN3O/c16-12-4-3-11(9-17)13(15(12)20)14(10-1-2-10)19-7-5-18-6-8-19/h3-4,10,14,18,20H,1-2,5-8H2/t14-/m0/s1. The molecule has 4 nitrogen and oxygen atoms in total. The highest BCUT2D eigenvalue weighted by molar-refractivity contribution is 5.49. The number of benzene rings is 1. The lowest BCUT2D eigenvalue weighted by molar-refractivity contribution is 0.153. The Bertz CT molecular complexity index is 545. The highest BCUT2D eigenvalue weighted by Crippen LogP contribution is 2.48. The minimum Gasteiger partial charge on any atom is -0.505 e. The first-order valence-corrected chi connectivity index (χ1v) is 7.08. The molecule has 0 radical (unpaired) electrons. The second-order valence-corrected chi connectivity index (χ2v) is 5.54. The molecule has 0 amide bonds. The van der Waals surface area contributed by atoms with E-state index in [9.17, 15) is 14.8 Å². The van der Waals surface area contributed by atoms with Crippen LogP contribution in [-0.4, -0.2) is 36.2 Å². The molecule has 0 spiro atoms. The van der Waals surface area contributed by atoms with Gasteiger partial charge in [-0.25, -0.2) is 4.39 Å². The van der Waals surface area contributed by atoms with E-state index in [1.165, 1.54) is 12.1 Å². The van der Waals surface area contributed by atoms with Gasteiger partial charge in [-0.1, -0.05) is 0 Å². The van der Waals surface area contributed by atoms with E-state index in [-0.39, 0.29) is 11.8 Å². The molecular weight excluding hydrogens is 257 g/mol. The molecule has 1 aliphatic carbocycles. The fourth-order valence-corrected chi connectivity index (χ4v) is 3.07. The molecule has 1 aromatic carbocycles. The van der Waals surface area contributed by atoms with Crippen LogP contribution in [0.1, 0.15) is 30.0 Å². The van der Waals surface area contributed by atoms with Crippen molar-refractivity contribution in [2.75, 3.05) is 26.2 Å². The van der Waals surface area contributed by atoms with E-state index in [2.05, 4.69) is 16.3 Å². The van der Waals surface area contributed by atoms with Crippen LogP contribution in [0.25, 0.3) is 0 Å². The number of phenolic OH excluding ortho intramolecular Hbond substituents is 1. The number of phenols is 1. The van der Waals surface area contributed by atoms with Crippen LogP contribution < -0.4 is 5.32 Å². The zero-order valence-electron chi connectivity index (χ0n) is 11.3. The molecule has 1 aromatic rings. The Morgan fingerprint density at radius 2 is 2.05 bits per heavy atom. The fourth-order valence-electron chi connectivity index (χ4n) is 3.07. The smallest absolute Gasteiger partial charge is 0.165 e. The lowest BCUT2D eigenvalue weighted by atomic mass is 9.94. The topological polar surface area (TPSA) is 59.3 Å². The van der Waals surface area contributed by atoms with Gasteiger partial charge >= 0.3 is 0 Å². The molecule has 0 bridgehead atoms. The molecule has 106 valence electrons. The third-order valence-corrected chi connectivity index (χ3v) is 4.20. The van der Waals surface area contributed by atoms with Gasteiger partial charge in [0, 0.05) is 37.8 Å². The summed E-state index contributed by atoms with van der Waals surface area (Å²) in [5.41, 5.74) is 0.872. The molecule has 1 aliphatic heterocycles. The van der Waals surface area contributed by atoms with Gasteiger partial charge in [0.05, 0.1) is 11.6 Å². The van der Waals surface area contributed by atoms with Crippen molar-refractivity contribution < 1.29 is 9.50 Å². The lowest BCUT2D eigenvalue weighted by Gasteiger charge is -2.36. The third kappa shape index (κ3) is 2.37. The summed E-state index contributed by atoms with van der Waals surface area (Å²) in [6, 6.07) is 4.70. The van der Waals surface area contributed by atoms with E-state index in [1.54, 1.807) is 0 Å². The van der Waals surface area contributed by atoms with Crippen LogP contribution in [0.15, 0.2) is 12.1 Å². The Hall–Kier alpha value is -1.64. The molecule has 5 heteroatoms. The van der Waals surface area contributed by atoms with Crippen molar-refractivity contribution >= 4 is 0 Å². The van der Waals surface area contributed by atoms with Gasteiger partial charge in [-0.15, -0.1) is 0 Å². The summed E-state index contributed by atoms with van der Waals surface area (Å²) < 4.78 is 13.7. The summed E-state index contributed by atoms with van der Waals surface area (Å²) in [4.78, 5) is 2.27. The van der Waals surface area contributed by atoms with Crippen molar-refractivity contribution in [2.24, 2.45) is 5.92 Å². The van der Waals surface area contributed by atoms with Crippen molar-refractivity contribution in [1.82, 2.24) is 10.2 Å². The second-order valence-electron chi connectivity index (χ2n) is 5.54. The number of nitrogens with zero attached hydrogens (tertiary/aromatic N) is 2. The molecule has 1 atom stereocenters. The molecular formula is C15H18FN3O. The molecule has 0 aromatic heterocycles. The summed E-state index contributed by atoms with van der Waals surface area (Å²) in [5, 5.41) is 22.7. The quantitative estimate of drug-likeness (QED) is 0.882. The highest BCUT2D eigenvalue weighted by atomic mass is 19.1. The van der Waals surface area contributed by atoms with Gasteiger partial charge < -0.3 is 10.4 Å². The van der Waals surface area contributed by atoms with E-state index in [4.69, 9.17) is 0 Å². The molecule has 1 saturated carbocycles. The third-order valence-electron chi connectivity index (χ3n) is 4.20. The molecule has 2 fully saturated rings. The zero-order chi connectivity index (χ0) is 14.1. The monoisotopic (exact) mass is 275 g/mol. The number of nitriles is 1. The Morgan fingerprint density at radius 1 is 1.35 bits per heavy atom. The van der Waals surface area contributed by atoms with Crippen molar-refractivity contribution in [1.29, 1.82) is 5.26 Å². The number of aromatic hydroxyl groups is 1. The molecule has 0 unspecified atom stereocenters. The summed E-state index contributed by atoms with van der Waals surface area (Å²) >= 11 is 0. The number of nitrogens with one attached hydrogen (secondary N) is 1. The van der Waals surface area contributed by atoms with Crippen molar-refractivity contribution in [2.45, 2.75) is 18.9 Å². The highest BCUT2D eigenvalue weighted by Gasteiger charge is 2.39. The molecule has 2 N–H and O–H groups in total. The van der Waals surface area contributed by atoms with E-state index < -0.39 is 5.82 Å². The summed E-state index contributed by atoms with van der Waals surface area (Å²) in [6.45, 7) is 3.51. The maximum Gasteiger partial charge on any atom is 0.165 e. The largest absolute Gasteiger partial charge is 0.505 e. The van der Waals surface area contributed by atoms with Gasteiger partial charge in [-0.2, -0.15) is 5.26 Å². The van der Waals surface area contributed by atoms with Crippen LogP contribution in [-0.2, 0) is 0 Å². The molecule has 2 aliphatic rings. The van der Waals surface area contributed by atoms with Gasteiger partial charge in [0.15, 0.2) is 11.6 Å². The first-order valence-electron chi connectivity index (χ1n) is 7.08. The fraction of sp³-hybridized carbons (Fsp3) is 0.533. The van der Waals surface area contributed by atoms with Crippen molar-refractivity contribution in [3.05, 3.63) is 29.1 Å². The Balaban J connectivity index is 2.03. The van der Waals surface area contributed by atoms with Gasteiger partial charge in [0.2, 0.25) is 0 Å².